The highest BCUT2D eigenvalue weighted by Gasteiger charge is 2.27. The van der Waals surface area contributed by atoms with Crippen LogP contribution in [-0.4, -0.2) is 51.7 Å². The van der Waals surface area contributed by atoms with Gasteiger partial charge in [0, 0.05) is 45.6 Å². The summed E-state index contributed by atoms with van der Waals surface area (Å²) in [5, 5.41) is 15.2. The lowest BCUT2D eigenvalue weighted by atomic mass is 9.80. The maximum Gasteiger partial charge on any atom is 0.338 e. The second kappa shape index (κ2) is 14.0. The van der Waals surface area contributed by atoms with Crippen molar-refractivity contribution in [3.63, 3.8) is 0 Å². The van der Waals surface area contributed by atoms with Crippen LogP contribution in [0.4, 0.5) is 10.7 Å². The smallest absolute Gasteiger partial charge is 0.338 e. The number of thiophene rings is 1. The lowest BCUT2D eigenvalue weighted by Gasteiger charge is -2.24. The van der Waals surface area contributed by atoms with Crippen LogP contribution >= 0.6 is 11.3 Å². The normalized spacial score (nSPS) is 15.1. The van der Waals surface area contributed by atoms with E-state index in [4.69, 9.17) is 4.74 Å². The SMILES string of the molecule is CNc1scc(C2CCc3ccccc3C2)c1C(=O)O.COCCC(C)CN(C)c1ccc(C=O)cc1. The molecule has 0 saturated heterocycles. The summed E-state index contributed by atoms with van der Waals surface area (Å²) < 4.78 is 5.07. The van der Waals surface area contributed by atoms with E-state index >= 15 is 0 Å². The molecule has 2 aromatic carbocycles. The average molecular weight is 523 g/mol. The van der Waals surface area contributed by atoms with Gasteiger partial charge in [-0.3, -0.25) is 4.79 Å². The number of carbonyl (C=O) groups is 2. The van der Waals surface area contributed by atoms with Gasteiger partial charge in [-0.25, -0.2) is 4.79 Å². The van der Waals surface area contributed by atoms with Gasteiger partial charge in [0.25, 0.3) is 0 Å². The van der Waals surface area contributed by atoms with E-state index in [1.165, 1.54) is 22.5 Å². The van der Waals surface area contributed by atoms with Gasteiger partial charge < -0.3 is 20.1 Å². The molecule has 2 N–H and O–H groups in total. The molecule has 6 nitrogen and oxygen atoms in total. The number of rotatable bonds is 10. The number of nitrogens with one attached hydrogen (secondary N) is 1. The van der Waals surface area contributed by atoms with E-state index in [1.807, 2.05) is 29.6 Å². The molecular weight excluding hydrogens is 484 g/mol. The van der Waals surface area contributed by atoms with Crippen molar-refractivity contribution in [1.82, 2.24) is 0 Å². The third-order valence-corrected chi connectivity index (χ3v) is 7.93. The summed E-state index contributed by atoms with van der Waals surface area (Å²) in [6, 6.07) is 16.1. The van der Waals surface area contributed by atoms with E-state index in [0.717, 1.165) is 66.9 Å². The van der Waals surface area contributed by atoms with Crippen LogP contribution in [0, 0.1) is 5.92 Å². The zero-order valence-electron chi connectivity index (χ0n) is 22.2. The first-order chi connectivity index (χ1) is 17.9. The van der Waals surface area contributed by atoms with E-state index < -0.39 is 5.97 Å². The molecule has 3 aromatic rings. The fraction of sp³-hybridized carbons (Fsp3) is 0.400. The van der Waals surface area contributed by atoms with Crippen LogP contribution in [-0.2, 0) is 17.6 Å². The molecule has 1 heterocycles. The van der Waals surface area contributed by atoms with E-state index in [1.54, 1.807) is 14.2 Å². The third kappa shape index (κ3) is 7.66. The summed E-state index contributed by atoms with van der Waals surface area (Å²) in [5.41, 5.74) is 6.07. The molecule has 198 valence electrons. The average Bonchev–Trinajstić information content (AvgIpc) is 3.37. The number of carbonyl (C=O) groups excluding carboxylic acids is 1. The quantitative estimate of drug-likeness (QED) is 0.301. The van der Waals surface area contributed by atoms with Crippen molar-refractivity contribution in [3.8, 4) is 0 Å². The number of nitrogens with zero attached hydrogens (tertiary/aromatic N) is 1. The zero-order chi connectivity index (χ0) is 26.8. The Morgan fingerprint density at radius 3 is 2.54 bits per heavy atom. The molecule has 0 aliphatic heterocycles. The van der Waals surface area contributed by atoms with Crippen LogP contribution in [0.5, 0.6) is 0 Å². The largest absolute Gasteiger partial charge is 0.478 e. The Balaban J connectivity index is 0.000000209. The number of anilines is 2. The number of aromatic carboxylic acids is 1. The van der Waals surface area contributed by atoms with Crippen LogP contribution in [0.25, 0.3) is 0 Å². The number of methoxy groups -OCH3 is 1. The van der Waals surface area contributed by atoms with Crippen LogP contribution in [0.3, 0.4) is 0 Å². The molecule has 1 aliphatic rings. The number of hydrogen-bond acceptors (Lipinski definition) is 6. The summed E-state index contributed by atoms with van der Waals surface area (Å²) >= 11 is 1.49. The van der Waals surface area contributed by atoms with E-state index in [0.29, 0.717) is 17.4 Å². The van der Waals surface area contributed by atoms with Gasteiger partial charge in [0.2, 0.25) is 0 Å². The van der Waals surface area contributed by atoms with Gasteiger partial charge in [-0.15, -0.1) is 11.3 Å². The molecule has 7 heteroatoms. The number of fused-ring (bicyclic) bond motifs is 1. The molecule has 37 heavy (non-hydrogen) atoms. The minimum Gasteiger partial charge on any atom is -0.478 e. The molecule has 1 aromatic heterocycles. The molecular formula is C30H38N2O4S. The van der Waals surface area contributed by atoms with Gasteiger partial charge in [0.15, 0.2) is 0 Å². The highest BCUT2D eigenvalue weighted by molar-refractivity contribution is 7.14. The van der Waals surface area contributed by atoms with Crippen molar-refractivity contribution in [2.75, 3.05) is 44.6 Å². The van der Waals surface area contributed by atoms with Crippen molar-refractivity contribution in [1.29, 1.82) is 0 Å². The second-order valence-corrected chi connectivity index (χ2v) is 10.5. The Morgan fingerprint density at radius 1 is 1.22 bits per heavy atom. The molecule has 4 rings (SSSR count). The maximum absolute atomic E-state index is 11.5. The number of benzene rings is 2. The van der Waals surface area contributed by atoms with Crippen molar-refractivity contribution in [3.05, 3.63) is 81.7 Å². The Kier molecular flexibility index (Phi) is 10.7. The Labute approximate surface area is 224 Å². The van der Waals surface area contributed by atoms with Gasteiger partial charge in [0.1, 0.15) is 11.3 Å². The van der Waals surface area contributed by atoms with Crippen molar-refractivity contribution in [2.45, 2.75) is 38.5 Å². The summed E-state index contributed by atoms with van der Waals surface area (Å²) in [6.07, 6.45) is 4.93. The molecule has 0 spiro atoms. The molecule has 0 bridgehead atoms. The predicted molar refractivity (Wildman–Crippen MR) is 153 cm³/mol. The number of carboxylic acid groups (broad SMARTS) is 1. The molecule has 1 aliphatic carbocycles. The first-order valence-corrected chi connectivity index (χ1v) is 13.6. The number of carboxylic acids is 1. The Morgan fingerprint density at radius 2 is 1.92 bits per heavy atom. The van der Waals surface area contributed by atoms with Crippen molar-refractivity contribution < 1.29 is 19.4 Å². The lowest BCUT2D eigenvalue weighted by molar-refractivity contribution is 0.0696. The first-order valence-electron chi connectivity index (χ1n) is 12.7. The van der Waals surface area contributed by atoms with Crippen LogP contribution < -0.4 is 10.2 Å². The van der Waals surface area contributed by atoms with Gasteiger partial charge in [0.05, 0.1) is 5.56 Å². The van der Waals surface area contributed by atoms with Crippen molar-refractivity contribution >= 4 is 34.3 Å². The van der Waals surface area contributed by atoms with E-state index in [-0.39, 0.29) is 0 Å². The topological polar surface area (TPSA) is 78.9 Å². The standard InChI is InChI=1S/C16H17NO2S.C14H21NO2/c1-17-15-14(16(18)19)13(9-20-15)12-7-6-10-4-2-3-5-11(10)8-12;1-12(8-9-17-3)10-15(2)14-6-4-13(11-16)5-7-14/h2-5,9,12,17H,6-8H2,1H3,(H,18,19);4-7,11-12H,8-10H2,1-3H3. The molecule has 2 unspecified atom stereocenters. The van der Waals surface area contributed by atoms with Gasteiger partial charge >= 0.3 is 5.97 Å². The van der Waals surface area contributed by atoms with Gasteiger partial charge in [-0.05, 0) is 83.9 Å². The third-order valence-electron chi connectivity index (χ3n) is 6.92. The summed E-state index contributed by atoms with van der Waals surface area (Å²) in [4.78, 5) is 24.3. The minimum atomic E-state index is -0.829. The second-order valence-electron chi connectivity index (χ2n) is 9.64. The highest BCUT2D eigenvalue weighted by Crippen LogP contribution is 2.39. The monoisotopic (exact) mass is 522 g/mol. The molecule has 0 fully saturated rings. The first kappa shape index (κ1) is 28.4. The van der Waals surface area contributed by atoms with Crippen LogP contribution in [0.1, 0.15) is 63.1 Å². The zero-order valence-corrected chi connectivity index (χ0v) is 23.0. The molecule has 2 atom stereocenters. The molecule has 0 saturated carbocycles. The predicted octanol–water partition coefficient (Wildman–Crippen LogP) is 6.37. The van der Waals surface area contributed by atoms with E-state index in [2.05, 4.69) is 48.5 Å². The van der Waals surface area contributed by atoms with Crippen LogP contribution in [0.2, 0.25) is 0 Å². The summed E-state index contributed by atoms with van der Waals surface area (Å²) in [7, 11) is 5.58. The number of hydrogen-bond donors (Lipinski definition) is 2. The molecule has 0 amide bonds. The van der Waals surface area contributed by atoms with Crippen LogP contribution in [0.15, 0.2) is 53.9 Å². The fourth-order valence-electron chi connectivity index (χ4n) is 4.83. The number of ether oxygens (including phenoxy) is 1. The fourth-order valence-corrected chi connectivity index (χ4v) is 5.83. The Bertz CT molecular complexity index is 1160. The Hall–Kier alpha value is -3.16. The number of aryl methyl sites for hydroxylation is 1. The van der Waals surface area contributed by atoms with Crippen molar-refractivity contribution in [2.24, 2.45) is 5.92 Å². The summed E-state index contributed by atoms with van der Waals surface area (Å²) in [5.74, 6) is 0.0736. The maximum atomic E-state index is 11.5. The highest BCUT2D eigenvalue weighted by atomic mass is 32.1. The minimum absolute atomic E-state index is 0.314. The lowest BCUT2D eigenvalue weighted by Crippen LogP contribution is -2.24. The molecule has 0 radical (unpaired) electrons. The van der Waals surface area contributed by atoms with Gasteiger partial charge in [-0.2, -0.15) is 0 Å². The summed E-state index contributed by atoms with van der Waals surface area (Å²) in [6.45, 7) is 4.01. The van der Waals surface area contributed by atoms with E-state index in [9.17, 15) is 14.7 Å². The van der Waals surface area contributed by atoms with Gasteiger partial charge in [-0.1, -0.05) is 31.2 Å². The number of aldehydes is 1.